The van der Waals surface area contributed by atoms with Crippen LogP contribution >= 0.6 is 0 Å². The van der Waals surface area contributed by atoms with Crippen LogP contribution in [-0.2, 0) is 11.2 Å². The van der Waals surface area contributed by atoms with Gasteiger partial charge in [0.1, 0.15) is 5.75 Å². The van der Waals surface area contributed by atoms with Gasteiger partial charge in [-0.05, 0) is 36.6 Å². The Kier molecular flexibility index (Phi) is 5.38. The monoisotopic (exact) mass is 283 g/mol. The number of carbonyl (C=O) groups is 1. The Labute approximate surface area is 126 Å². The van der Waals surface area contributed by atoms with E-state index >= 15 is 0 Å². The zero-order chi connectivity index (χ0) is 15.1. The topological polar surface area (TPSA) is 38.3 Å². The fourth-order valence-corrected chi connectivity index (χ4v) is 2.15. The number of hydrogen-bond acceptors (Lipinski definition) is 2. The summed E-state index contributed by atoms with van der Waals surface area (Å²) in [5.41, 5.74) is 1.99. The number of amides is 1. The highest BCUT2D eigenvalue weighted by molar-refractivity contribution is 5.95. The summed E-state index contributed by atoms with van der Waals surface area (Å²) in [6, 6.07) is 17.3. The van der Waals surface area contributed by atoms with Crippen LogP contribution in [0.4, 0.5) is 5.69 Å². The lowest BCUT2D eigenvalue weighted by Crippen LogP contribution is -2.32. The van der Waals surface area contributed by atoms with Crippen molar-refractivity contribution in [2.75, 3.05) is 5.32 Å². The largest absolute Gasteiger partial charge is 0.481 e. The van der Waals surface area contributed by atoms with Gasteiger partial charge < -0.3 is 10.1 Å². The third-order valence-electron chi connectivity index (χ3n) is 3.34. The van der Waals surface area contributed by atoms with E-state index in [9.17, 15) is 4.79 Å². The lowest BCUT2D eigenvalue weighted by molar-refractivity contribution is -0.122. The second-order valence-corrected chi connectivity index (χ2v) is 4.83. The molecular formula is C18H21NO2. The van der Waals surface area contributed by atoms with Crippen LogP contribution in [0.5, 0.6) is 5.75 Å². The number of rotatable bonds is 6. The van der Waals surface area contributed by atoms with Crippen LogP contribution in [0.15, 0.2) is 54.6 Å². The summed E-state index contributed by atoms with van der Waals surface area (Å²) >= 11 is 0. The molecule has 110 valence electrons. The lowest BCUT2D eigenvalue weighted by atomic mass is 10.1. The van der Waals surface area contributed by atoms with Crippen molar-refractivity contribution in [1.29, 1.82) is 0 Å². The Balaban J connectivity index is 2.06. The first kappa shape index (κ1) is 15.1. The first-order chi connectivity index (χ1) is 10.2. The van der Waals surface area contributed by atoms with Gasteiger partial charge in [0.2, 0.25) is 0 Å². The normalized spacial score (nSPS) is 11.7. The molecule has 2 aromatic rings. The molecule has 0 bridgehead atoms. The van der Waals surface area contributed by atoms with Crippen LogP contribution in [0.3, 0.4) is 0 Å². The van der Waals surface area contributed by atoms with Gasteiger partial charge in [0.05, 0.1) is 0 Å². The standard InChI is InChI=1S/C18H21NO2/c1-3-14-10-8-9-13-16(14)19-18(20)17(4-2)21-15-11-6-5-7-12-15/h5-13,17H,3-4H2,1-2H3,(H,19,20)/t17-/m1/s1. The minimum Gasteiger partial charge on any atom is -0.481 e. The first-order valence-corrected chi connectivity index (χ1v) is 7.35. The Bertz CT molecular complexity index is 581. The highest BCUT2D eigenvalue weighted by Crippen LogP contribution is 2.18. The van der Waals surface area contributed by atoms with E-state index in [0.717, 1.165) is 17.7 Å². The highest BCUT2D eigenvalue weighted by atomic mass is 16.5. The van der Waals surface area contributed by atoms with E-state index in [4.69, 9.17) is 4.74 Å². The molecule has 0 heterocycles. The maximum Gasteiger partial charge on any atom is 0.265 e. The van der Waals surface area contributed by atoms with Crippen molar-refractivity contribution in [3.8, 4) is 5.75 Å². The second kappa shape index (κ2) is 7.48. The maximum atomic E-state index is 12.4. The van der Waals surface area contributed by atoms with Crippen LogP contribution in [0.2, 0.25) is 0 Å². The van der Waals surface area contributed by atoms with Gasteiger partial charge in [-0.2, -0.15) is 0 Å². The number of para-hydroxylation sites is 2. The lowest BCUT2D eigenvalue weighted by Gasteiger charge is -2.18. The fraction of sp³-hybridized carbons (Fsp3) is 0.278. The smallest absolute Gasteiger partial charge is 0.265 e. The number of anilines is 1. The predicted octanol–water partition coefficient (Wildman–Crippen LogP) is 4.05. The number of carbonyl (C=O) groups excluding carboxylic acids is 1. The Morgan fingerprint density at radius 3 is 2.38 bits per heavy atom. The SMILES string of the molecule is CCc1ccccc1NC(=O)[C@@H](CC)Oc1ccccc1. The minimum absolute atomic E-state index is 0.109. The second-order valence-electron chi connectivity index (χ2n) is 4.83. The van der Waals surface area contributed by atoms with Crippen LogP contribution in [0, 0.1) is 0 Å². The van der Waals surface area contributed by atoms with E-state index in [0.29, 0.717) is 12.2 Å². The van der Waals surface area contributed by atoms with E-state index in [1.807, 2.05) is 61.5 Å². The molecule has 1 atom stereocenters. The molecule has 0 aromatic heterocycles. The van der Waals surface area contributed by atoms with Gasteiger partial charge in [-0.3, -0.25) is 4.79 Å². The van der Waals surface area contributed by atoms with Crippen molar-refractivity contribution in [3.05, 3.63) is 60.2 Å². The molecule has 2 rings (SSSR count). The van der Waals surface area contributed by atoms with E-state index < -0.39 is 6.10 Å². The molecule has 0 fully saturated rings. The van der Waals surface area contributed by atoms with Crippen molar-refractivity contribution in [2.24, 2.45) is 0 Å². The number of hydrogen-bond donors (Lipinski definition) is 1. The van der Waals surface area contributed by atoms with Crippen molar-refractivity contribution in [2.45, 2.75) is 32.8 Å². The molecule has 3 heteroatoms. The summed E-state index contributed by atoms with van der Waals surface area (Å²) in [6.45, 7) is 4.02. The highest BCUT2D eigenvalue weighted by Gasteiger charge is 2.19. The van der Waals surface area contributed by atoms with Gasteiger partial charge in [-0.15, -0.1) is 0 Å². The summed E-state index contributed by atoms with van der Waals surface area (Å²) in [7, 11) is 0. The third-order valence-corrected chi connectivity index (χ3v) is 3.34. The van der Waals surface area contributed by atoms with Gasteiger partial charge in [-0.25, -0.2) is 0 Å². The van der Waals surface area contributed by atoms with Gasteiger partial charge in [0.15, 0.2) is 6.10 Å². The van der Waals surface area contributed by atoms with Crippen molar-refractivity contribution in [1.82, 2.24) is 0 Å². The molecule has 0 aliphatic rings. The average molecular weight is 283 g/mol. The summed E-state index contributed by atoms with van der Waals surface area (Å²) in [4.78, 5) is 12.4. The average Bonchev–Trinajstić information content (AvgIpc) is 2.54. The Hall–Kier alpha value is -2.29. The van der Waals surface area contributed by atoms with E-state index in [-0.39, 0.29) is 5.91 Å². The minimum atomic E-state index is -0.489. The van der Waals surface area contributed by atoms with Crippen molar-refractivity contribution < 1.29 is 9.53 Å². The first-order valence-electron chi connectivity index (χ1n) is 7.35. The van der Waals surface area contributed by atoms with Gasteiger partial charge in [0, 0.05) is 5.69 Å². The predicted molar refractivity (Wildman–Crippen MR) is 85.6 cm³/mol. The number of ether oxygens (including phenoxy) is 1. The van der Waals surface area contributed by atoms with Gasteiger partial charge in [0.25, 0.3) is 5.91 Å². The molecule has 0 aliphatic carbocycles. The van der Waals surface area contributed by atoms with Crippen molar-refractivity contribution in [3.63, 3.8) is 0 Å². The molecule has 0 saturated carbocycles. The molecule has 1 amide bonds. The Morgan fingerprint density at radius 1 is 1.05 bits per heavy atom. The fourth-order valence-electron chi connectivity index (χ4n) is 2.15. The van der Waals surface area contributed by atoms with E-state index in [2.05, 4.69) is 12.2 Å². The molecule has 0 radical (unpaired) electrons. The van der Waals surface area contributed by atoms with Gasteiger partial charge in [-0.1, -0.05) is 50.2 Å². The molecule has 0 spiro atoms. The Morgan fingerprint density at radius 2 is 1.71 bits per heavy atom. The zero-order valence-electron chi connectivity index (χ0n) is 12.5. The third kappa shape index (κ3) is 4.09. The summed E-state index contributed by atoms with van der Waals surface area (Å²) in [6.07, 6.45) is 1.01. The van der Waals surface area contributed by atoms with Crippen LogP contribution in [0.25, 0.3) is 0 Å². The molecule has 2 aromatic carbocycles. The molecule has 1 N–H and O–H groups in total. The molecular weight excluding hydrogens is 262 g/mol. The molecule has 0 saturated heterocycles. The number of aryl methyl sites for hydroxylation is 1. The molecule has 0 aliphatic heterocycles. The maximum absolute atomic E-state index is 12.4. The number of nitrogens with one attached hydrogen (secondary N) is 1. The van der Waals surface area contributed by atoms with E-state index in [1.165, 1.54) is 0 Å². The summed E-state index contributed by atoms with van der Waals surface area (Å²) < 4.78 is 5.76. The number of benzene rings is 2. The van der Waals surface area contributed by atoms with Crippen LogP contribution in [0.1, 0.15) is 25.8 Å². The quantitative estimate of drug-likeness (QED) is 0.868. The molecule has 0 unspecified atom stereocenters. The van der Waals surface area contributed by atoms with Crippen LogP contribution in [-0.4, -0.2) is 12.0 Å². The van der Waals surface area contributed by atoms with Crippen LogP contribution < -0.4 is 10.1 Å². The van der Waals surface area contributed by atoms with Gasteiger partial charge >= 0.3 is 0 Å². The van der Waals surface area contributed by atoms with E-state index in [1.54, 1.807) is 0 Å². The summed E-state index contributed by atoms with van der Waals surface area (Å²) in [5.74, 6) is 0.602. The summed E-state index contributed by atoms with van der Waals surface area (Å²) in [5, 5.41) is 2.97. The van der Waals surface area contributed by atoms with Crippen molar-refractivity contribution >= 4 is 11.6 Å². The zero-order valence-corrected chi connectivity index (χ0v) is 12.5. The molecule has 21 heavy (non-hydrogen) atoms. The molecule has 3 nitrogen and oxygen atoms in total.